The second-order valence-electron chi connectivity index (χ2n) is 11.8. The Morgan fingerprint density at radius 3 is 2.54 bits per heavy atom. The number of pyridine rings is 1. The number of fused-ring (bicyclic) bond motifs is 4. The number of aromatic nitrogens is 6. The third-order valence-corrected chi connectivity index (χ3v) is 8.38. The molecule has 6 rings (SSSR count). The maximum Gasteiger partial charge on any atom is 0.436 e. The van der Waals surface area contributed by atoms with Crippen LogP contribution in [0.4, 0.5) is 38.1 Å². The topological polar surface area (TPSA) is 155 Å². The van der Waals surface area contributed by atoms with Crippen molar-refractivity contribution in [2.45, 2.75) is 45.0 Å². The van der Waals surface area contributed by atoms with Gasteiger partial charge in [0.2, 0.25) is 5.91 Å². The lowest BCUT2D eigenvalue weighted by Crippen LogP contribution is -2.27. The highest BCUT2D eigenvalue weighted by Crippen LogP contribution is 2.36. The molecule has 4 heterocycles. The zero-order valence-corrected chi connectivity index (χ0v) is 27.4. The van der Waals surface area contributed by atoms with Crippen LogP contribution in [0.25, 0.3) is 28.1 Å². The number of nitrogens with zero attached hydrogens (tertiary/aromatic N) is 6. The number of nitrogens with one attached hydrogen (secondary N) is 2. The van der Waals surface area contributed by atoms with E-state index in [1.54, 1.807) is 43.5 Å². The number of hydrogen-bond acceptors (Lipinski definition) is 9. The van der Waals surface area contributed by atoms with Gasteiger partial charge in [-0.3, -0.25) is 24.5 Å². The molecule has 2 aromatic carbocycles. The summed E-state index contributed by atoms with van der Waals surface area (Å²) in [7, 11) is 1.23. The van der Waals surface area contributed by atoms with Crippen molar-refractivity contribution >= 4 is 23.4 Å². The van der Waals surface area contributed by atoms with Gasteiger partial charge in [0, 0.05) is 35.0 Å². The van der Waals surface area contributed by atoms with E-state index in [0.29, 0.717) is 53.7 Å². The van der Waals surface area contributed by atoms with Crippen molar-refractivity contribution < 1.29 is 41.0 Å². The number of halogens is 5. The van der Waals surface area contributed by atoms with Crippen LogP contribution in [0.3, 0.4) is 0 Å². The molecule has 1 aliphatic rings. The highest BCUT2D eigenvalue weighted by atomic mass is 19.4. The lowest BCUT2D eigenvalue weighted by Gasteiger charge is -2.23. The molecule has 2 unspecified atom stereocenters. The second-order valence-corrected chi connectivity index (χ2v) is 11.8. The van der Waals surface area contributed by atoms with Crippen molar-refractivity contribution in [3.63, 3.8) is 0 Å². The lowest BCUT2D eigenvalue weighted by atomic mass is 9.95. The van der Waals surface area contributed by atoms with E-state index in [2.05, 4.69) is 40.4 Å². The van der Waals surface area contributed by atoms with E-state index in [-0.39, 0.29) is 28.6 Å². The highest BCUT2D eigenvalue weighted by molar-refractivity contribution is 5.98. The van der Waals surface area contributed by atoms with Crippen molar-refractivity contribution in [1.82, 2.24) is 29.5 Å². The minimum Gasteiger partial charge on any atom is -0.453 e. The van der Waals surface area contributed by atoms with Crippen molar-refractivity contribution in [1.29, 1.82) is 0 Å². The number of ether oxygens (including phenoxy) is 2. The van der Waals surface area contributed by atoms with Crippen LogP contribution in [0.2, 0.25) is 0 Å². The normalized spacial score (nSPS) is 16.3. The standard InChI is InChI=1S/C34H29F5N8O5/c1-18-4-3-5-28(26-12-19(10-11-40-26)22-8-6-20(42-33(50)51-2)13-25(22)43-31(18)49)46-17-41-24(15-30(46)48)23-14-21(52-32(35)36)7-9-27(23)47-16-29(44-45-47)34(37,38)39/h6-18,28,32H,3-5H2,1-2H3,(H,42,50)(H,43,49). The summed E-state index contributed by atoms with van der Waals surface area (Å²) < 4.78 is 77.4. The van der Waals surface area contributed by atoms with Gasteiger partial charge >= 0.3 is 18.9 Å². The molecule has 2 bridgehead atoms. The molecule has 0 saturated heterocycles. The fourth-order valence-corrected chi connectivity index (χ4v) is 5.78. The fourth-order valence-electron chi connectivity index (χ4n) is 5.78. The van der Waals surface area contributed by atoms with E-state index in [1.807, 2.05) is 0 Å². The molecule has 1 aliphatic heterocycles. The first kappa shape index (κ1) is 35.6. The first-order chi connectivity index (χ1) is 24.8. The molecule has 0 radical (unpaired) electrons. The first-order valence-electron chi connectivity index (χ1n) is 15.7. The number of rotatable bonds is 6. The Morgan fingerprint density at radius 2 is 1.83 bits per heavy atom. The van der Waals surface area contributed by atoms with Crippen molar-refractivity contribution in [2.24, 2.45) is 5.92 Å². The Kier molecular flexibility index (Phi) is 9.98. The van der Waals surface area contributed by atoms with Crippen LogP contribution in [-0.4, -0.2) is 55.3 Å². The summed E-state index contributed by atoms with van der Waals surface area (Å²) in [5.41, 5.74) is 0.549. The van der Waals surface area contributed by atoms with Gasteiger partial charge in [-0.2, -0.15) is 22.0 Å². The first-order valence-corrected chi connectivity index (χ1v) is 15.7. The average molecular weight is 725 g/mol. The monoisotopic (exact) mass is 724 g/mol. The predicted octanol–water partition coefficient (Wildman–Crippen LogP) is 6.70. The van der Waals surface area contributed by atoms with E-state index in [1.165, 1.54) is 24.1 Å². The molecule has 18 heteroatoms. The van der Waals surface area contributed by atoms with Gasteiger partial charge in [-0.1, -0.05) is 24.6 Å². The lowest BCUT2D eigenvalue weighted by molar-refractivity contribution is -0.141. The maximum absolute atomic E-state index is 13.8. The van der Waals surface area contributed by atoms with Gasteiger partial charge in [0.1, 0.15) is 5.75 Å². The minimum absolute atomic E-state index is 0.0302. The van der Waals surface area contributed by atoms with E-state index in [9.17, 15) is 36.3 Å². The van der Waals surface area contributed by atoms with E-state index >= 15 is 0 Å². The quantitative estimate of drug-likeness (QED) is 0.182. The van der Waals surface area contributed by atoms with Crippen LogP contribution >= 0.6 is 0 Å². The van der Waals surface area contributed by atoms with Crippen molar-refractivity contribution in [2.75, 3.05) is 17.7 Å². The summed E-state index contributed by atoms with van der Waals surface area (Å²) in [6.07, 6.45) is -0.783. The molecular formula is C34H29F5N8O5. The van der Waals surface area contributed by atoms with Gasteiger partial charge in [0.05, 0.1) is 48.4 Å². The van der Waals surface area contributed by atoms with Gasteiger partial charge in [0.15, 0.2) is 5.69 Å². The Balaban J connectivity index is 1.42. The fraction of sp³-hybridized carbons (Fsp3) is 0.265. The maximum atomic E-state index is 13.8. The summed E-state index contributed by atoms with van der Waals surface area (Å²) in [6, 6.07) is 12.3. The summed E-state index contributed by atoms with van der Waals surface area (Å²) in [5, 5.41) is 12.2. The SMILES string of the molecule is COC(=O)Nc1ccc2c(c1)NC(=O)C(C)CCCC(n1cnc(-c3cc(OC(F)F)ccc3-n3cc(C(F)(F)F)nn3)cc1=O)c1cc-2ccn1. The Hall–Kier alpha value is -6.20. The van der Waals surface area contributed by atoms with Crippen molar-refractivity contribution in [3.05, 3.63) is 95.1 Å². The highest BCUT2D eigenvalue weighted by Gasteiger charge is 2.35. The Labute approximate surface area is 291 Å². The molecule has 5 aromatic rings. The van der Waals surface area contributed by atoms with Crippen LogP contribution in [0, 0.1) is 5.92 Å². The Morgan fingerprint density at radius 1 is 1.02 bits per heavy atom. The van der Waals surface area contributed by atoms with Crippen LogP contribution in [0.5, 0.6) is 5.75 Å². The predicted molar refractivity (Wildman–Crippen MR) is 176 cm³/mol. The van der Waals surface area contributed by atoms with Gasteiger partial charge in [-0.25, -0.2) is 14.5 Å². The van der Waals surface area contributed by atoms with Gasteiger partial charge in [-0.05, 0) is 60.9 Å². The molecule has 0 saturated carbocycles. The number of carbonyl (C=O) groups excluding carboxylic acids is 2. The van der Waals surface area contributed by atoms with Crippen LogP contribution < -0.4 is 20.9 Å². The number of carbonyl (C=O) groups is 2. The molecule has 2 atom stereocenters. The van der Waals surface area contributed by atoms with Crippen molar-refractivity contribution in [3.8, 4) is 33.8 Å². The van der Waals surface area contributed by atoms with Gasteiger partial charge in [-0.15, -0.1) is 5.10 Å². The molecule has 3 aromatic heterocycles. The molecule has 13 nitrogen and oxygen atoms in total. The third-order valence-electron chi connectivity index (χ3n) is 8.38. The van der Waals surface area contributed by atoms with Gasteiger partial charge < -0.3 is 14.8 Å². The minimum atomic E-state index is -4.80. The number of anilines is 2. The van der Waals surface area contributed by atoms with Crippen LogP contribution in [0.15, 0.2) is 78.1 Å². The molecule has 270 valence electrons. The molecule has 2 amide bonds. The van der Waals surface area contributed by atoms with Gasteiger partial charge in [0.25, 0.3) is 5.56 Å². The number of alkyl halides is 5. The third kappa shape index (κ3) is 7.74. The van der Waals surface area contributed by atoms with Crippen LogP contribution in [0.1, 0.15) is 43.6 Å². The number of benzene rings is 2. The van der Waals surface area contributed by atoms with E-state index in [0.717, 1.165) is 22.9 Å². The number of methoxy groups -OCH3 is 1. The zero-order valence-electron chi connectivity index (χ0n) is 27.4. The molecule has 52 heavy (non-hydrogen) atoms. The summed E-state index contributed by atoms with van der Waals surface area (Å²) in [6.45, 7) is -1.44. The largest absolute Gasteiger partial charge is 0.453 e. The molecular weight excluding hydrogens is 695 g/mol. The average Bonchev–Trinajstić information content (AvgIpc) is 3.61. The van der Waals surface area contributed by atoms with E-state index in [4.69, 9.17) is 0 Å². The summed E-state index contributed by atoms with van der Waals surface area (Å²) >= 11 is 0. The van der Waals surface area contributed by atoms with E-state index < -0.39 is 42.1 Å². The molecule has 0 fully saturated rings. The number of amides is 2. The zero-order chi connectivity index (χ0) is 37.2. The molecule has 0 spiro atoms. The summed E-state index contributed by atoms with van der Waals surface area (Å²) in [4.78, 5) is 47.9. The Bertz CT molecular complexity index is 2190. The molecule has 2 N–H and O–H groups in total. The van der Waals surface area contributed by atoms with Crippen LogP contribution in [-0.2, 0) is 15.7 Å². The number of hydrogen-bond donors (Lipinski definition) is 2. The smallest absolute Gasteiger partial charge is 0.436 e. The second kappa shape index (κ2) is 14.6. The summed E-state index contributed by atoms with van der Waals surface area (Å²) in [5.74, 6) is -1.03. The molecule has 0 aliphatic carbocycles.